The molecule has 1 aliphatic rings. The van der Waals surface area contributed by atoms with Crippen molar-refractivity contribution in [3.63, 3.8) is 0 Å². The number of rotatable bonds is 4. The number of aromatic nitrogens is 1. The van der Waals surface area contributed by atoms with Crippen LogP contribution in [0.1, 0.15) is 38.2 Å². The van der Waals surface area contributed by atoms with Gasteiger partial charge >= 0.3 is 0 Å². The van der Waals surface area contributed by atoms with Crippen molar-refractivity contribution >= 4 is 10.0 Å². The summed E-state index contributed by atoms with van der Waals surface area (Å²) in [5, 5.41) is 5.17. The van der Waals surface area contributed by atoms with Gasteiger partial charge in [0, 0.05) is 11.8 Å². The van der Waals surface area contributed by atoms with Gasteiger partial charge in [-0.2, -0.15) is 0 Å². The third-order valence-electron chi connectivity index (χ3n) is 2.63. The van der Waals surface area contributed by atoms with E-state index in [1.165, 1.54) is 6.20 Å². The third-order valence-corrected chi connectivity index (χ3v) is 3.53. The molecule has 0 spiro atoms. The molecule has 1 fully saturated rings. The van der Waals surface area contributed by atoms with E-state index in [0.29, 0.717) is 5.75 Å². The number of pyridine rings is 1. The molecule has 6 heteroatoms. The van der Waals surface area contributed by atoms with E-state index < -0.39 is 10.0 Å². The largest absolute Gasteiger partial charge is 0.489 e. The second-order valence-electron chi connectivity index (χ2n) is 4.57. The van der Waals surface area contributed by atoms with E-state index in [1.54, 1.807) is 6.20 Å². The predicted octanol–water partition coefficient (Wildman–Crippen LogP) is 1.39. The molecule has 0 bridgehead atoms. The summed E-state index contributed by atoms with van der Waals surface area (Å²) in [7, 11) is -3.79. The Bertz CT molecular complexity index is 522. The fourth-order valence-corrected chi connectivity index (χ4v) is 2.17. The first-order valence-corrected chi connectivity index (χ1v) is 7.11. The van der Waals surface area contributed by atoms with Gasteiger partial charge in [-0.1, -0.05) is 13.8 Å². The number of sulfonamides is 1. The fourth-order valence-electron chi connectivity index (χ4n) is 1.54. The summed E-state index contributed by atoms with van der Waals surface area (Å²) < 4.78 is 28.7. The van der Waals surface area contributed by atoms with Crippen LogP contribution < -0.4 is 9.88 Å². The number of hydrogen-bond acceptors (Lipinski definition) is 4. The molecule has 1 saturated carbocycles. The van der Waals surface area contributed by atoms with Crippen LogP contribution in [-0.4, -0.2) is 19.5 Å². The lowest BCUT2D eigenvalue weighted by atomic mass is 10.1. The van der Waals surface area contributed by atoms with Crippen LogP contribution in [0.2, 0.25) is 0 Å². The molecule has 1 aromatic rings. The molecule has 0 atom stereocenters. The van der Waals surface area contributed by atoms with E-state index >= 15 is 0 Å². The first-order chi connectivity index (χ1) is 7.89. The molecule has 0 amide bonds. The van der Waals surface area contributed by atoms with Crippen molar-refractivity contribution in [1.82, 2.24) is 4.98 Å². The molecule has 2 rings (SSSR count). The van der Waals surface area contributed by atoms with Crippen molar-refractivity contribution in [2.75, 3.05) is 0 Å². The molecule has 94 valence electrons. The highest BCUT2D eigenvalue weighted by Gasteiger charge is 2.29. The summed E-state index contributed by atoms with van der Waals surface area (Å²) >= 11 is 0. The molecule has 0 radical (unpaired) electrons. The van der Waals surface area contributed by atoms with Gasteiger partial charge in [-0.15, -0.1) is 0 Å². The van der Waals surface area contributed by atoms with Gasteiger partial charge in [0.15, 0.2) is 0 Å². The van der Waals surface area contributed by atoms with Crippen molar-refractivity contribution in [3.05, 3.63) is 18.0 Å². The zero-order valence-corrected chi connectivity index (χ0v) is 10.7. The highest BCUT2D eigenvalue weighted by molar-refractivity contribution is 7.89. The minimum Gasteiger partial charge on any atom is -0.489 e. The van der Waals surface area contributed by atoms with Gasteiger partial charge in [0.1, 0.15) is 10.6 Å². The topological polar surface area (TPSA) is 82.3 Å². The zero-order chi connectivity index (χ0) is 12.6. The third kappa shape index (κ3) is 2.76. The van der Waals surface area contributed by atoms with Crippen molar-refractivity contribution < 1.29 is 13.2 Å². The lowest BCUT2D eigenvalue weighted by Crippen LogP contribution is -2.16. The number of ether oxygens (including phenoxy) is 1. The number of nitrogens with zero attached hydrogens (tertiary/aromatic N) is 1. The summed E-state index contributed by atoms with van der Waals surface area (Å²) in [5.74, 6) is 0.512. The Balaban J connectivity index is 2.53. The van der Waals surface area contributed by atoms with Crippen LogP contribution in [-0.2, 0) is 10.0 Å². The lowest BCUT2D eigenvalue weighted by Gasteiger charge is -2.15. The van der Waals surface area contributed by atoms with Crippen LogP contribution in [0.3, 0.4) is 0 Å². The maximum Gasteiger partial charge on any atom is 0.243 e. The van der Waals surface area contributed by atoms with Gasteiger partial charge < -0.3 is 4.74 Å². The Morgan fingerprint density at radius 2 is 2.06 bits per heavy atom. The standard InChI is InChI=1S/C11H16N2O3S/c1-7(2)9-5-13-6-10(17(12,14)15)11(9)16-8-3-4-8/h5-8H,3-4H2,1-2H3,(H2,12,14,15). The average molecular weight is 256 g/mol. The Morgan fingerprint density at radius 1 is 1.41 bits per heavy atom. The molecule has 1 aliphatic carbocycles. The Hall–Kier alpha value is -1.14. The maximum absolute atomic E-state index is 11.5. The molecule has 0 saturated heterocycles. The van der Waals surface area contributed by atoms with Gasteiger partial charge in [0.25, 0.3) is 0 Å². The van der Waals surface area contributed by atoms with E-state index in [9.17, 15) is 8.42 Å². The molecular formula is C11H16N2O3S. The molecule has 5 nitrogen and oxygen atoms in total. The van der Waals surface area contributed by atoms with Gasteiger partial charge in [0.05, 0.1) is 12.3 Å². The van der Waals surface area contributed by atoms with Crippen LogP contribution in [0, 0.1) is 0 Å². The number of nitrogens with two attached hydrogens (primary N) is 1. The molecule has 1 aromatic heterocycles. The minimum absolute atomic E-state index is 0.0180. The minimum atomic E-state index is -3.79. The first kappa shape index (κ1) is 12.3. The van der Waals surface area contributed by atoms with Gasteiger partial charge in [0.2, 0.25) is 10.0 Å². The van der Waals surface area contributed by atoms with E-state index in [2.05, 4.69) is 4.98 Å². The van der Waals surface area contributed by atoms with Crippen molar-refractivity contribution in [1.29, 1.82) is 0 Å². The van der Waals surface area contributed by atoms with Crippen molar-refractivity contribution in [2.24, 2.45) is 5.14 Å². The Labute approximate surface area is 101 Å². The second kappa shape index (κ2) is 4.27. The summed E-state index contributed by atoms with van der Waals surface area (Å²) in [6.45, 7) is 3.92. The summed E-state index contributed by atoms with van der Waals surface area (Å²) in [6, 6.07) is 0. The normalized spacial score (nSPS) is 16.2. The number of primary sulfonamides is 1. The number of hydrogen-bond donors (Lipinski definition) is 1. The maximum atomic E-state index is 11.5. The molecule has 1 heterocycles. The predicted molar refractivity (Wildman–Crippen MR) is 63.3 cm³/mol. The lowest BCUT2D eigenvalue weighted by molar-refractivity contribution is 0.290. The fraction of sp³-hybridized carbons (Fsp3) is 0.545. The highest BCUT2D eigenvalue weighted by atomic mass is 32.2. The molecule has 0 aliphatic heterocycles. The monoisotopic (exact) mass is 256 g/mol. The van der Waals surface area contributed by atoms with Crippen LogP contribution in [0.5, 0.6) is 5.75 Å². The van der Waals surface area contributed by atoms with Crippen LogP contribution in [0.25, 0.3) is 0 Å². The van der Waals surface area contributed by atoms with E-state index in [0.717, 1.165) is 18.4 Å². The van der Waals surface area contributed by atoms with E-state index in [-0.39, 0.29) is 16.9 Å². The average Bonchev–Trinajstić information content (AvgIpc) is 3.00. The van der Waals surface area contributed by atoms with E-state index in [1.807, 2.05) is 13.8 Å². The molecule has 2 N–H and O–H groups in total. The quantitative estimate of drug-likeness (QED) is 0.882. The zero-order valence-electron chi connectivity index (χ0n) is 9.88. The second-order valence-corrected chi connectivity index (χ2v) is 6.10. The van der Waals surface area contributed by atoms with Crippen molar-refractivity contribution in [2.45, 2.75) is 43.6 Å². The Morgan fingerprint density at radius 3 is 2.53 bits per heavy atom. The molecule has 17 heavy (non-hydrogen) atoms. The van der Waals surface area contributed by atoms with E-state index in [4.69, 9.17) is 9.88 Å². The summed E-state index contributed by atoms with van der Waals surface area (Å²) in [6.07, 6.45) is 4.93. The van der Waals surface area contributed by atoms with Gasteiger partial charge in [-0.05, 0) is 18.8 Å². The van der Waals surface area contributed by atoms with Crippen LogP contribution in [0.15, 0.2) is 17.3 Å². The van der Waals surface area contributed by atoms with Crippen molar-refractivity contribution in [3.8, 4) is 5.75 Å². The van der Waals surface area contributed by atoms with Crippen LogP contribution in [0.4, 0.5) is 0 Å². The molecule has 0 unspecified atom stereocenters. The SMILES string of the molecule is CC(C)c1cncc(S(N)(=O)=O)c1OC1CC1. The van der Waals surface area contributed by atoms with Crippen LogP contribution >= 0.6 is 0 Å². The molecule has 0 aromatic carbocycles. The van der Waals surface area contributed by atoms with Gasteiger partial charge in [-0.3, -0.25) is 4.98 Å². The summed E-state index contributed by atoms with van der Waals surface area (Å²) in [5.41, 5.74) is 0.781. The Kier molecular flexibility index (Phi) is 3.09. The summed E-state index contributed by atoms with van der Waals surface area (Å²) in [4.78, 5) is 3.90. The molecular weight excluding hydrogens is 240 g/mol. The smallest absolute Gasteiger partial charge is 0.243 e. The van der Waals surface area contributed by atoms with Gasteiger partial charge in [-0.25, -0.2) is 13.6 Å². The first-order valence-electron chi connectivity index (χ1n) is 5.57. The highest BCUT2D eigenvalue weighted by Crippen LogP contribution is 2.36.